The Balaban J connectivity index is 2.55. The smallest absolute Gasteiger partial charge is 0.0248 e. The highest BCUT2D eigenvalue weighted by molar-refractivity contribution is 5.68. The summed E-state index contributed by atoms with van der Waals surface area (Å²) in [4.78, 5) is 0. The molecule has 0 aliphatic carbocycles. The van der Waals surface area contributed by atoms with Crippen LogP contribution in [-0.4, -0.2) is 0 Å². The van der Waals surface area contributed by atoms with Crippen LogP contribution < -0.4 is 0 Å². The van der Waals surface area contributed by atoms with E-state index in [0.29, 0.717) is 0 Å². The average molecular weight is 192 g/mol. The van der Waals surface area contributed by atoms with Crippen LogP contribution in [-0.2, 0) is 0 Å². The van der Waals surface area contributed by atoms with Gasteiger partial charge in [-0.05, 0) is 35.7 Å². The van der Waals surface area contributed by atoms with Gasteiger partial charge in [-0.25, -0.2) is 0 Å². The predicted octanol–water partition coefficient (Wildman–Crippen LogP) is 3.64. The van der Waals surface area contributed by atoms with Crippen LogP contribution in [0.5, 0.6) is 0 Å². The molecule has 72 valence electrons. The largest absolute Gasteiger partial charge is 0.115 e. The quantitative estimate of drug-likeness (QED) is 0.605. The van der Waals surface area contributed by atoms with Crippen molar-refractivity contribution in [1.29, 1.82) is 0 Å². The molecule has 0 saturated carbocycles. The first-order valence-corrected chi connectivity index (χ1v) is 4.94. The van der Waals surface area contributed by atoms with E-state index in [0.717, 1.165) is 5.56 Å². The summed E-state index contributed by atoms with van der Waals surface area (Å²) in [6.07, 6.45) is 5.38. The molecule has 0 bridgehead atoms. The fourth-order valence-corrected chi connectivity index (χ4v) is 1.67. The Hall–Kier alpha value is -2.00. The molecular weight excluding hydrogens is 180 g/mol. The average Bonchev–Trinajstić information content (AvgIpc) is 2.30. The second-order valence-electron chi connectivity index (χ2n) is 3.54. The molecule has 0 aliphatic rings. The molecule has 2 rings (SSSR count). The standard InChI is InChI=1S/C15H12/c1-3-13-8-6-9-14(11-13)15-10-5-4-7-12(15)2/h1,4-11H,2H3. The van der Waals surface area contributed by atoms with Gasteiger partial charge in [0.05, 0.1) is 0 Å². The zero-order valence-electron chi connectivity index (χ0n) is 8.70. The van der Waals surface area contributed by atoms with E-state index in [-0.39, 0.29) is 0 Å². The lowest BCUT2D eigenvalue weighted by molar-refractivity contribution is 1.45. The van der Waals surface area contributed by atoms with E-state index < -0.39 is 0 Å². The molecule has 0 N–H and O–H groups in total. The van der Waals surface area contributed by atoms with Crippen molar-refractivity contribution in [2.45, 2.75) is 6.92 Å². The summed E-state index contributed by atoms with van der Waals surface area (Å²) >= 11 is 0. The zero-order chi connectivity index (χ0) is 10.7. The molecule has 0 radical (unpaired) electrons. The molecule has 0 saturated heterocycles. The van der Waals surface area contributed by atoms with E-state index in [1.54, 1.807) is 0 Å². The van der Waals surface area contributed by atoms with Crippen molar-refractivity contribution in [3.8, 4) is 23.5 Å². The molecular formula is C15H12. The van der Waals surface area contributed by atoms with Gasteiger partial charge in [-0.15, -0.1) is 6.42 Å². The zero-order valence-corrected chi connectivity index (χ0v) is 8.70. The number of terminal acetylenes is 1. The van der Waals surface area contributed by atoms with Gasteiger partial charge in [-0.1, -0.05) is 42.3 Å². The minimum atomic E-state index is 0.927. The maximum absolute atomic E-state index is 5.38. The second kappa shape index (κ2) is 4.02. The minimum absolute atomic E-state index is 0.927. The van der Waals surface area contributed by atoms with E-state index in [1.165, 1.54) is 16.7 Å². The highest BCUT2D eigenvalue weighted by atomic mass is 14.0. The summed E-state index contributed by atoms with van der Waals surface area (Å²) in [5, 5.41) is 0. The van der Waals surface area contributed by atoms with Gasteiger partial charge in [0.2, 0.25) is 0 Å². The van der Waals surface area contributed by atoms with E-state index >= 15 is 0 Å². The Labute approximate surface area is 90.6 Å². The van der Waals surface area contributed by atoms with E-state index in [2.05, 4.69) is 31.0 Å². The number of benzene rings is 2. The molecule has 0 nitrogen and oxygen atoms in total. The lowest BCUT2D eigenvalue weighted by atomic mass is 9.99. The Morgan fingerprint density at radius 1 is 1.00 bits per heavy atom. The maximum atomic E-state index is 5.38. The normalized spacial score (nSPS) is 9.60. The van der Waals surface area contributed by atoms with Gasteiger partial charge in [0.15, 0.2) is 0 Å². The van der Waals surface area contributed by atoms with E-state index in [4.69, 9.17) is 6.42 Å². The molecule has 2 aromatic rings. The molecule has 2 aromatic carbocycles. The highest BCUT2D eigenvalue weighted by Crippen LogP contribution is 2.23. The fourth-order valence-electron chi connectivity index (χ4n) is 1.67. The maximum Gasteiger partial charge on any atom is 0.0248 e. The van der Waals surface area contributed by atoms with Crippen molar-refractivity contribution < 1.29 is 0 Å². The third kappa shape index (κ3) is 1.92. The van der Waals surface area contributed by atoms with Crippen LogP contribution in [0.3, 0.4) is 0 Å². The molecule has 0 fully saturated rings. The minimum Gasteiger partial charge on any atom is -0.115 e. The van der Waals surface area contributed by atoms with Crippen LogP contribution >= 0.6 is 0 Å². The van der Waals surface area contributed by atoms with Crippen molar-refractivity contribution >= 4 is 0 Å². The fraction of sp³-hybridized carbons (Fsp3) is 0.0667. The summed E-state index contributed by atoms with van der Waals surface area (Å²) < 4.78 is 0. The predicted molar refractivity (Wildman–Crippen MR) is 64.6 cm³/mol. The Morgan fingerprint density at radius 3 is 2.53 bits per heavy atom. The number of hydrogen-bond donors (Lipinski definition) is 0. The monoisotopic (exact) mass is 192 g/mol. The van der Waals surface area contributed by atoms with Crippen LogP contribution in [0.25, 0.3) is 11.1 Å². The lowest BCUT2D eigenvalue weighted by Gasteiger charge is -2.05. The first-order valence-electron chi connectivity index (χ1n) is 4.94. The highest BCUT2D eigenvalue weighted by Gasteiger charge is 2.00. The third-order valence-electron chi connectivity index (χ3n) is 2.49. The van der Waals surface area contributed by atoms with Crippen LogP contribution in [0, 0.1) is 19.3 Å². The number of hydrogen-bond acceptors (Lipinski definition) is 0. The van der Waals surface area contributed by atoms with Crippen LogP contribution in [0.15, 0.2) is 48.5 Å². The van der Waals surface area contributed by atoms with Gasteiger partial charge in [-0.3, -0.25) is 0 Å². The number of rotatable bonds is 1. The summed E-state index contributed by atoms with van der Waals surface area (Å²) in [6.45, 7) is 2.11. The van der Waals surface area contributed by atoms with Gasteiger partial charge >= 0.3 is 0 Å². The third-order valence-corrected chi connectivity index (χ3v) is 2.49. The van der Waals surface area contributed by atoms with Gasteiger partial charge in [0.1, 0.15) is 0 Å². The lowest BCUT2D eigenvalue weighted by Crippen LogP contribution is -1.83. The molecule has 0 spiro atoms. The molecule has 0 amide bonds. The first kappa shape index (κ1) is 9.55. The Morgan fingerprint density at radius 2 is 1.80 bits per heavy atom. The van der Waals surface area contributed by atoms with Gasteiger partial charge < -0.3 is 0 Å². The second-order valence-corrected chi connectivity index (χ2v) is 3.54. The summed E-state index contributed by atoms with van der Waals surface area (Å²) in [6, 6.07) is 16.4. The van der Waals surface area contributed by atoms with Crippen molar-refractivity contribution in [2.24, 2.45) is 0 Å². The Bertz CT molecular complexity index is 516. The number of aryl methyl sites for hydroxylation is 1. The van der Waals surface area contributed by atoms with Crippen molar-refractivity contribution in [1.82, 2.24) is 0 Å². The topological polar surface area (TPSA) is 0 Å². The molecule has 0 aromatic heterocycles. The molecule has 0 unspecified atom stereocenters. The molecule has 15 heavy (non-hydrogen) atoms. The van der Waals surface area contributed by atoms with Gasteiger partial charge in [0, 0.05) is 5.56 Å². The first-order chi connectivity index (χ1) is 7.31. The molecule has 0 aliphatic heterocycles. The van der Waals surface area contributed by atoms with Crippen LogP contribution in [0.2, 0.25) is 0 Å². The van der Waals surface area contributed by atoms with Crippen molar-refractivity contribution in [2.75, 3.05) is 0 Å². The van der Waals surface area contributed by atoms with Crippen LogP contribution in [0.4, 0.5) is 0 Å². The SMILES string of the molecule is C#Cc1cccc(-c2ccccc2C)c1. The molecule has 0 heteroatoms. The van der Waals surface area contributed by atoms with Gasteiger partial charge in [-0.2, -0.15) is 0 Å². The summed E-state index contributed by atoms with van der Waals surface area (Å²) in [5.74, 6) is 2.66. The van der Waals surface area contributed by atoms with Crippen molar-refractivity contribution in [3.63, 3.8) is 0 Å². The molecule has 0 heterocycles. The van der Waals surface area contributed by atoms with E-state index in [9.17, 15) is 0 Å². The van der Waals surface area contributed by atoms with Gasteiger partial charge in [0.25, 0.3) is 0 Å². The Kier molecular flexibility index (Phi) is 2.56. The molecule has 0 atom stereocenters. The summed E-state index contributed by atoms with van der Waals surface area (Å²) in [7, 11) is 0. The van der Waals surface area contributed by atoms with Crippen molar-refractivity contribution in [3.05, 3.63) is 59.7 Å². The van der Waals surface area contributed by atoms with E-state index in [1.807, 2.05) is 30.3 Å². The van der Waals surface area contributed by atoms with Crippen LogP contribution in [0.1, 0.15) is 11.1 Å². The summed E-state index contributed by atoms with van der Waals surface area (Å²) in [5.41, 5.74) is 4.63.